The van der Waals surface area contributed by atoms with Gasteiger partial charge in [-0.1, -0.05) is 36.4 Å². The van der Waals surface area contributed by atoms with Crippen LogP contribution >= 0.6 is 0 Å². The molecule has 0 unspecified atom stereocenters. The second kappa shape index (κ2) is 6.08. The summed E-state index contributed by atoms with van der Waals surface area (Å²) in [6.07, 6.45) is 0. The van der Waals surface area contributed by atoms with Crippen LogP contribution in [0.5, 0.6) is 0 Å². The van der Waals surface area contributed by atoms with E-state index in [9.17, 15) is 9.59 Å². The van der Waals surface area contributed by atoms with E-state index in [0.717, 1.165) is 5.69 Å². The average molecular weight is 307 g/mol. The van der Waals surface area contributed by atoms with Crippen molar-refractivity contribution in [2.24, 2.45) is 0 Å². The summed E-state index contributed by atoms with van der Waals surface area (Å²) in [5.74, 6) is -0.411. The molecule has 23 heavy (non-hydrogen) atoms. The molecule has 0 saturated carbocycles. The number of hydrogen-bond acceptors (Lipinski definition) is 3. The highest BCUT2D eigenvalue weighted by molar-refractivity contribution is 6.05. The van der Waals surface area contributed by atoms with Gasteiger partial charge < -0.3 is 4.74 Å². The number of ether oxygens (including phenoxy) is 1. The van der Waals surface area contributed by atoms with E-state index in [4.69, 9.17) is 4.74 Å². The smallest absolute Gasteiger partial charge is 0.340 e. The summed E-state index contributed by atoms with van der Waals surface area (Å²) in [6.45, 7) is 3.83. The molecule has 3 rings (SSSR count). The Bertz CT molecular complexity index is 926. The van der Waals surface area contributed by atoms with Crippen molar-refractivity contribution in [3.63, 3.8) is 0 Å². The Balaban J connectivity index is 2.43. The maximum absolute atomic E-state index is 12.9. The Morgan fingerprint density at radius 2 is 1.61 bits per heavy atom. The summed E-state index contributed by atoms with van der Waals surface area (Å²) >= 11 is 0. The zero-order valence-electron chi connectivity index (χ0n) is 13.1. The number of para-hydroxylation sites is 1. The highest BCUT2D eigenvalue weighted by Gasteiger charge is 2.20. The molecule has 116 valence electrons. The molecule has 0 fully saturated rings. The van der Waals surface area contributed by atoms with Gasteiger partial charge in [-0.05, 0) is 32.0 Å². The van der Waals surface area contributed by atoms with Crippen molar-refractivity contribution in [3.8, 4) is 5.69 Å². The van der Waals surface area contributed by atoms with Crippen molar-refractivity contribution in [2.75, 3.05) is 6.61 Å². The first-order chi connectivity index (χ1) is 11.1. The lowest BCUT2D eigenvalue weighted by Crippen LogP contribution is -2.24. The number of rotatable bonds is 3. The molecule has 0 aliphatic rings. The first-order valence-electron chi connectivity index (χ1n) is 7.52. The molecule has 4 heteroatoms. The molecule has 4 nitrogen and oxygen atoms in total. The quantitative estimate of drug-likeness (QED) is 0.696. The van der Waals surface area contributed by atoms with Gasteiger partial charge in [0, 0.05) is 22.2 Å². The summed E-state index contributed by atoms with van der Waals surface area (Å²) in [7, 11) is 0. The van der Waals surface area contributed by atoms with Crippen molar-refractivity contribution < 1.29 is 9.53 Å². The Kier molecular flexibility index (Phi) is 3.98. The van der Waals surface area contributed by atoms with Crippen molar-refractivity contribution >= 4 is 16.7 Å². The molecule has 1 aromatic heterocycles. The predicted molar refractivity (Wildman–Crippen MR) is 90.2 cm³/mol. The fourth-order valence-electron chi connectivity index (χ4n) is 2.82. The lowest BCUT2D eigenvalue weighted by atomic mass is 10.0. The molecule has 0 atom stereocenters. The standard InChI is InChI=1S/C19H17NO3/c1-3-23-19(22)17-13(2)20(14-9-5-4-6-10-14)18(21)16-12-8-7-11-15(16)17/h4-12H,3H2,1-2H3. The highest BCUT2D eigenvalue weighted by Crippen LogP contribution is 2.22. The Labute approximate surface area is 133 Å². The first-order valence-corrected chi connectivity index (χ1v) is 7.52. The molecule has 2 aromatic carbocycles. The topological polar surface area (TPSA) is 48.3 Å². The van der Waals surface area contributed by atoms with E-state index in [0.29, 0.717) is 22.0 Å². The van der Waals surface area contributed by atoms with Crippen molar-refractivity contribution in [1.82, 2.24) is 4.57 Å². The van der Waals surface area contributed by atoms with Crippen molar-refractivity contribution in [1.29, 1.82) is 0 Å². The molecule has 0 saturated heterocycles. The van der Waals surface area contributed by atoms with Crippen LogP contribution in [0.1, 0.15) is 23.0 Å². The molecular formula is C19H17NO3. The third kappa shape index (κ3) is 2.52. The molecule has 0 aliphatic carbocycles. The van der Waals surface area contributed by atoms with Crippen LogP contribution in [0.3, 0.4) is 0 Å². The average Bonchev–Trinajstić information content (AvgIpc) is 2.56. The zero-order chi connectivity index (χ0) is 16.4. The molecule has 0 bridgehead atoms. The van der Waals surface area contributed by atoms with Gasteiger partial charge in [-0.3, -0.25) is 9.36 Å². The number of hydrogen-bond donors (Lipinski definition) is 0. The molecule has 0 amide bonds. The minimum absolute atomic E-state index is 0.141. The molecular weight excluding hydrogens is 290 g/mol. The zero-order valence-corrected chi connectivity index (χ0v) is 13.1. The summed E-state index contributed by atoms with van der Waals surface area (Å²) in [5.41, 5.74) is 1.60. The molecule has 0 aliphatic heterocycles. The van der Waals surface area contributed by atoms with Crippen LogP contribution in [0.2, 0.25) is 0 Å². The lowest BCUT2D eigenvalue weighted by Gasteiger charge is -2.16. The number of pyridine rings is 1. The fourth-order valence-corrected chi connectivity index (χ4v) is 2.82. The Hall–Kier alpha value is -2.88. The van der Waals surface area contributed by atoms with Crippen LogP contribution in [-0.2, 0) is 4.74 Å². The molecule has 0 spiro atoms. The number of carbonyl (C=O) groups excluding carboxylic acids is 1. The SMILES string of the molecule is CCOC(=O)c1c(C)n(-c2ccccc2)c(=O)c2ccccc12. The monoisotopic (exact) mass is 307 g/mol. The van der Waals surface area contributed by atoms with E-state index in [2.05, 4.69) is 0 Å². The number of carbonyl (C=O) groups is 1. The third-order valence-electron chi connectivity index (χ3n) is 3.82. The van der Waals surface area contributed by atoms with E-state index in [-0.39, 0.29) is 12.2 Å². The van der Waals surface area contributed by atoms with Crippen molar-refractivity contribution in [3.05, 3.63) is 76.2 Å². The summed E-state index contributed by atoms with van der Waals surface area (Å²) < 4.78 is 6.76. The van der Waals surface area contributed by atoms with E-state index >= 15 is 0 Å². The van der Waals surface area contributed by atoms with Gasteiger partial charge in [0.2, 0.25) is 0 Å². The van der Waals surface area contributed by atoms with Gasteiger partial charge in [-0.25, -0.2) is 4.79 Å². The van der Waals surface area contributed by atoms with E-state index in [1.165, 1.54) is 0 Å². The second-order valence-electron chi connectivity index (χ2n) is 5.20. The van der Waals surface area contributed by atoms with Crippen LogP contribution < -0.4 is 5.56 Å². The molecule has 1 heterocycles. The van der Waals surface area contributed by atoms with E-state index in [1.54, 1.807) is 36.6 Å². The van der Waals surface area contributed by atoms with Gasteiger partial charge in [0.1, 0.15) is 0 Å². The number of fused-ring (bicyclic) bond motifs is 1. The number of esters is 1. The van der Waals surface area contributed by atoms with Gasteiger partial charge in [0.25, 0.3) is 5.56 Å². The first kappa shape index (κ1) is 15.0. The minimum Gasteiger partial charge on any atom is -0.462 e. The lowest BCUT2D eigenvalue weighted by molar-refractivity contribution is 0.0527. The van der Waals surface area contributed by atoms with Crippen LogP contribution in [-0.4, -0.2) is 17.1 Å². The summed E-state index contributed by atoms with van der Waals surface area (Å²) in [4.78, 5) is 25.3. The third-order valence-corrected chi connectivity index (χ3v) is 3.82. The largest absolute Gasteiger partial charge is 0.462 e. The van der Waals surface area contributed by atoms with Gasteiger partial charge in [-0.2, -0.15) is 0 Å². The van der Waals surface area contributed by atoms with E-state index < -0.39 is 5.97 Å². The Morgan fingerprint density at radius 1 is 1.00 bits per heavy atom. The summed E-state index contributed by atoms with van der Waals surface area (Å²) in [6, 6.07) is 16.4. The second-order valence-corrected chi connectivity index (χ2v) is 5.20. The fraction of sp³-hybridized carbons (Fsp3) is 0.158. The van der Waals surface area contributed by atoms with Crippen LogP contribution in [0.15, 0.2) is 59.4 Å². The Morgan fingerprint density at radius 3 is 2.26 bits per heavy atom. The van der Waals surface area contributed by atoms with Crippen LogP contribution in [0, 0.1) is 6.92 Å². The van der Waals surface area contributed by atoms with Crippen molar-refractivity contribution in [2.45, 2.75) is 13.8 Å². The van der Waals surface area contributed by atoms with Gasteiger partial charge in [0.05, 0.1) is 12.2 Å². The number of benzene rings is 2. The minimum atomic E-state index is -0.411. The predicted octanol–water partition coefficient (Wildman–Crippen LogP) is 3.48. The van der Waals surface area contributed by atoms with Crippen LogP contribution in [0.25, 0.3) is 16.5 Å². The van der Waals surface area contributed by atoms with Gasteiger partial charge in [0.15, 0.2) is 0 Å². The van der Waals surface area contributed by atoms with Crippen LogP contribution in [0.4, 0.5) is 0 Å². The normalized spacial score (nSPS) is 10.7. The number of nitrogens with zero attached hydrogens (tertiary/aromatic N) is 1. The molecule has 3 aromatic rings. The molecule has 0 radical (unpaired) electrons. The maximum atomic E-state index is 12.9. The summed E-state index contributed by atoms with van der Waals surface area (Å²) in [5, 5.41) is 1.13. The highest BCUT2D eigenvalue weighted by atomic mass is 16.5. The van der Waals surface area contributed by atoms with E-state index in [1.807, 2.05) is 36.4 Å². The number of aromatic nitrogens is 1. The van der Waals surface area contributed by atoms with Gasteiger partial charge in [-0.15, -0.1) is 0 Å². The van der Waals surface area contributed by atoms with Gasteiger partial charge >= 0.3 is 5.97 Å². The maximum Gasteiger partial charge on any atom is 0.340 e. The molecule has 0 N–H and O–H groups in total.